The van der Waals surface area contributed by atoms with Gasteiger partial charge in [-0.2, -0.15) is 0 Å². The highest BCUT2D eigenvalue weighted by atomic mass is 16.1. The summed E-state index contributed by atoms with van der Waals surface area (Å²) in [6, 6.07) is 9.84. The molecule has 0 aromatic heterocycles. The van der Waals surface area contributed by atoms with Gasteiger partial charge < -0.3 is 5.32 Å². The van der Waals surface area contributed by atoms with Gasteiger partial charge in [-0.25, -0.2) is 0 Å². The molecule has 0 heterocycles. The van der Waals surface area contributed by atoms with Gasteiger partial charge in [0.05, 0.1) is 0 Å². The molecule has 2 nitrogen and oxygen atoms in total. The molecule has 0 aliphatic heterocycles. The Balaban J connectivity index is 1.61. The summed E-state index contributed by atoms with van der Waals surface area (Å²) in [5, 5.41) is 3.18. The fraction of sp³-hybridized carbons (Fsp3) is 0.562. The molecule has 1 N–H and O–H groups in total. The van der Waals surface area contributed by atoms with Gasteiger partial charge in [0.2, 0.25) is 0 Å². The summed E-state index contributed by atoms with van der Waals surface area (Å²) < 4.78 is 0. The maximum atomic E-state index is 12.1. The van der Waals surface area contributed by atoms with Gasteiger partial charge in [0.25, 0.3) is 5.91 Å². The fourth-order valence-corrected chi connectivity index (χ4v) is 3.89. The molecule has 2 aliphatic rings. The van der Waals surface area contributed by atoms with E-state index in [9.17, 15) is 4.79 Å². The van der Waals surface area contributed by atoms with Crippen LogP contribution in [0.4, 0.5) is 0 Å². The molecule has 18 heavy (non-hydrogen) atoms. The molecule has 1 aromatic carbocycles. The molecule has 2 fully saturated rings. The van der Waals surface area contributed by atoms with E-state index in [1.54, 1.807) is 0 Å². The summed E-state index contributed by atoms with van der Waals surface area (Å²) >= 11 is 0. The number of nitrogens with one attached hydrogen (secondary N) is 1. The van der Waals surface area contributed by atoms with Crippen LogP contribution in [0.15, 0.2) is 30.3 Å². The van der Waals surface area contributed by atoms with E-state index in [0.717, 1.165) is 17.4 Å². The van der Waals surface area contributed by atoms with Crippen molar-refractivity contribution in [2.45, 2.75) is 38.6 Å². The Morgan fingerprint density at radius 1 is 1.22 bits per heavy atom. The molecule has 2 bridgehead atoms. The van der Waals surface area contributed by atoms with Crippen molar-refractivity contribution >= 4 is 5.91 Å². The molecule has 4 atom stereocenters. The van der Waals surface area contributed by atoms with Gasteiger partial charge in [0, 0.05) is 11.6 Å². The average Bonchev–Trinajstić information content (AvgIpc) is 3.02. The van der Waals surface area contributed by atoms with Crippen molar-refractivity contribution in [3.63, 3.8) is 0 Å². The Labute approximate surface area is 109 Å². The molecule has 1 aromatic rings. The van der Waals surface area contributed by atoms with E-state index in [1.807, 2.05) is 30.3 Å². The minimum atomic E-state index is 0.0749. The van der Waals surface area contributed by atoms with Crippen molar-refractivity contribution in [2.75, 3.05) is 0 Å². The first kappa shape index (κ1) is 11.8. The monoisotopic (exact) mass is 243 g/mol. The quantitative estimate of drug-likeness (QED) is 0.867. The number of hydrogen-bond acceptors (Lipinski definition) is 1. The van der Waals surface area contributed by atoms with Crippen LogP contribution in [0.1, 0.15) is 43.0 Å². The molecule has 0 radical (unpaired) electrons. The van der Waals surface area contributed by atoms with Crippen LogP contribution in [0, 0.1) is 17.8 Å². The van der Waals surface area contributed by atoms with Crippen molar-refractivity contribution < 1.29 is 4.79 Å². The SMILES string of the molecule is C[C@@H](NC(=O)c1ccccc1)[C@H]1C[C@@H]2CC[C@@H]1C2. The van der Waals surface area contributed by atoms with E-state index in [0.29, 0.717) is 12.0 Å². The van der Waals surface area contributed by atoms with E-state index in [-0.39, 0.29) is 5.91 Å². The van der Waals surface area contributed by atoms with Gasteiger partial charge in [0.15, 0.2) is 0 Å². The standard InChI is InChI=1S/C16H21NO/c1-11(15-10-12-7-8-14(15)9-12)17-16(18)13-5-3-2-4-6-13/h2-6,11-12,14-15H,7-10H2,1H3,(H,17,18)/t11-,12-,14-,15-/m1/s1. The first-order valence-corrected chi connectivity index (χ1v) is 7.10. The van der Waals surface area contributed by atoms with Crippen LogP contribution in [-0.2, 0) is 0 Å². The summed E-state index contributed by atoms with van der Waals surface area (Å²) in [7, 11) is 0. The highest BCUT2D eigenvalue weighted by Gasteiger charge is 2.42. The Hall–Kier alpha value is -1.31. The number of benzene rings is 1. The lowest BCUT2D eigenvalue weighted by molar-refractivity contribution is 0.0915. The first-order chi connectivity index (χ1) is 8.74. The van der Waals surface area contributed by atoms with Crippen LogP contribution in [0.25, 0.3) is 0 Å². The van der Waals surface area contributed by atoms with Crippen molar-refractivity contribution in [3.05, 3.63) is 35.9 Å². The molecule has 2 aliphatic carbocycles. The second-order valence-corrected chi connectivity index (χ2v) is 5.97. The summed E-state index contributed by atoms with van der Waals surface area (Å²) in [6.07, 6.45) is 5.51. The van der Waals surface area contributed by atoms with Crippen LogP contribution in [0.3, 0.4) is 0 Å². The Morgan fingerprint density at radius 2 is 2.00 bits per heavy atom. The summed E-state index contributed by atoms with van der Waals surface area (Å²) in [6.45, 7) is 2.17. The van der Waals surface area contributed by atoms with Crippen LogP contribution in [-0.4, -0.2) is 11.9 Å². The molecule has 96 valence electrons. The van der Waals surface area contributed by atoms with Gasteiger partial charge in [-0.15, -0.1) is 0 Å². The minimum absolute atomic E-state index is 0.0749. The zero-order valence-corrected chi connectivity index (χ0v) is 10.9. The highest BCUT2D eigenvalue weighted by molar-refractivity contribution is 5.94. The van der Waals surface area contributed by atoms with Crippen molar-refractivity contribution in [2.24, 2.45) is 17.8 Å². The normalized spacial score (nSPS) is 31.3. The van der Waals surface area contributed by atoms with Crippen molar-refractivity contribution in [3.8, 4) is 0 Å². The molecule has 3 rings (SSSR count). The van der Waals surface area contributed by atoms with Gasteiger partial charge >= 0.3 is 0 Å². The van der Waals surface area contributed by atoms with E-state index >= 15 is 0 Å². The van der Waals surface area contributed by atoms with Gasteiger partial charge in [-0.3, -0.25) is 4.79 Å². The maximum Gasteiger partial charge on any atom is 0.251 e. The number of fused-ring (bicyclic) bond motifs is 2. The van der Waals surface area contributed by atoms with E-state index in [2.05, 4.69) is 12.2 Å². The molecule has 2 saturated carbocycles. The lowest BCUT2D eigenvalue weighted by Gasteiger charge is -2.28. The maximum absolute atomic E-state index is 12.1. The topological polar surface area (TPSA) is 29.1 Å². The minimum Gasteiger partial charge on any atom is -0.349 e. The molecule has 0 unspecified atom stereocenters. The van der Waals surface area contributed by atoms with E-state index in [1.165, 1.54) is 25.7 Å². The van der Waals surface area contributed by atoms with Gasteiger partial charge in [0.1, 0.15) is 0 Å². The van der Waals surface area contributed by atoms with Crippen LogP contribution >= 0.6 is 0 Å². The van der Waals surface area contributed by atoms with Gasteiger partial charge in [-0.1, -0.05) is 24.6 Å². The molecule has 0 spiro atoms. The van der Waals surface area contributed by atoms with Crippen LogP contribution in [0.5, 0.6) is 0 Å². The number of hydrogen-bond donors (Lipinski definition) is 1. The zero-order valence-electron chi connectivity index (χ0n) is 10.9. The number of carbonyl (C=O) groups is 1. The molecule has 1 amide bonds. The third kappa shape index (κ3) is 2.16. The largest absolute Gasteiger partial charge is 0.349 e. The molecular formula is C16H21NO. The van der Waals surface area contributed by atoms with Crippen molar-refractivity contribution in [1.82, 2.24) is 5.32 Å². The Morgan fingerprint density at radius 3 is 2.61 bits per heavy atom. The number of rotatable bonds is 3. The predicted molar refractivity (Wildman–Crippen MR) is 72.3 cm³/mol. The predicted octanol–water partition coefficient (Wildman–Crippen LogP) is 3.24. The summed E-state index contributed by atoms with van der Waals surface area (Å²) in [5.41, 5.74) is 0.771. The van der Waals surface area contributed by atoms with Crippen LogP contribution in [0.2, 0.25) is 0 Å². The molecular weight excluding hydrogens is 222 g/mol. The van der Waals surface area contributed by atoms with E-state index < -0.39 is 0 Å². The smallest absolute Gasteiger partial charge is 0.251 e. The summed E-state index contributed by atoms with van der Waals surface area (Å²) in [5.74, 6) is 2.58. The second kappa shape index (κ2) is 4.75. The Bertz CT molecular complexity index is 428. The second-order valence-electron chi connectivity index (χ2n) is 5.97. The molecule has 0 saturated heterocycles. The lowest BCUT2D eigenvalue weighted by atomic mass is 9.84. The van der Waals surface area contributed by atoms with Crippen LogP contribution < -0.4 is 5.32 Å². The average molecular weight is 243 g/mol. The summed E-state index contributed by atoms with van der Waals surface area (Å²) in [4.78, 5) is 12.1. The zero-order chi connectivity index (χ0) is 12.5. The lowest BCUT2D eigenvalue weighted by Crippen LogP contribution is -2.40. The number of carbonyl (C=O) groups excluding carboxylic acids is 1. The first-order valence-electron chi connectivity index (χ1n) is 7.10. The number of amides is 1. The Kier molecular flexibility index (Phi) is 3.11. The third-order valence-corrected chi connectivity index (χ3v) is 4.83. The fourth-order valence-electron chi connectivity index (χ4n) is 3.89. The third-order valence-electron chi connectivity index (χ3n) is 4.83. The van der Waals surface area contributed by atoms with E-state index in [4.69, 9.17) is 0 Å². The van der Waals surface area contributed by atoms with Gasteiger partial charge in [-0.05, 0) is 56.1 Å². The van der Waals surface area contributed by atoms with Crippen molar-refractivity contribution in [1.29, 1.82) is 0 Å². The molecule has 2 heteroatoms. The highest BCUT2D eigenvalue weighted by Crippen LogP contribution is 2.49.